The average molecular weight is 483 g/mol. The van der Waals surface area contributed by atoms with E-state index in [4.69, 9.17) is 4.42 Å². The van der Waals surface area contributed by atoms with Crippen LogP contribution < -0.4 is 4.90 Å². The van der Waals surface area contributed by atoms with Crippen LogP contribution in [-0.2, 0) is 33.4 Å². The van der Waals surface area contributed by atoms with Crippen molar-refractivity contribution >= 4 is 42.4 Å². The highest BCUT2D eigenvalue weighted by Crippen LogP contribution is 2.31. The van der Waals surface area contributed by atoms with Crippen LogP contribution in [0.4, 0.5) is 5.13 Å². The van der Waals surface area contributed by atoms with Crippen LogP contribution in [0.1, 0.15) is 36.7 Å². The van der Waals surface area contributed by atoms with Crippen molar-refractivity contribution in [2.45, 2.75) is 38.5 Å². The number of nitrogens with zero attached hydrogens (tertiary/aromatic N) is 2. The molecule has 0 aliphatic heterocycles. The van der Waals surface area contributed by atoms with Crippen LogP contribution in [0.15, 0.2) is 71.3 Å². The van der Waals surface area contributed by atoms with Crippen LogP contribution in [0.25, 0.3) is 10.2 Å². The van der Waals surface area contributed by atoms with Crippen molar-refractivity contribution in [3.8, 4) is 0 Å². The number of amides is 1. The zero-order chi connectivity index (χ0) is 23.3. The molecule has 2 aromatic carbocycles. The van der Waals surface area contributed by atoms with Gasteiger partial charge in [0.2, 0.25) is 5.91 Å². The van der Waals surface area contributed by atoms with E-state index in [-0.39, 0.29) is 36.8 Å². The minimum absolute atomic E-state index is 0.0181. The summed E-state index contributed by atoms with van der Waals surface area (Å²) >= 11 is 1.46. The number of carbonyl (C=O) groups is 1. The van der Waals surface area contributed by atoms with Crippen LogP contribution in [0.3, 0.4) is 0 Å². The zero-order valence-electron chi connectivity index (χ0n) is 18.4. The molecule has 33 heavy (non-hydrogen) atoms. The van der Waals surface area contributed by atoms with E-state index in [2.05, 4.69) is 18.0 Å². The second-order valence-electron chi connectivity index (χ2n) is 7.89. The lowest BCUT2D eigenvalue weighted by Gasteiger charge is -2.18. The molecule has 1 amide bonds. The van der Waals surface area contributed by atoms with E-state index in [0.29, 0.717) is 10.9 Å². The Labute approximate surface area is 197 Å². The quantitative estimate of drug-likeness (QED) is 0.303. The van der Waals surface area contributed by atoms with E-state index in [0.717, 1.165) is 22.2 Å². The fourth-order valence-corrected chi connectivity index (χ4v) is 6.07. The first-order chi connectivity index (χ1) is 15.9. The third-order valence-corrected chi connectivity index (χ3v) is 8.08. The average Bonchev–Trinajstić information content (AvgIpc) is 3.46. The summed E-state index contributed by atoms with van der Waals surface area (Å²) in [5.74, 6) is 0.419. The Morgan fingerprint density at radius 1 is 1.06 bits per heavy atom. The van der Waals surface area contributed by atoms with Gasteiger partial charge in [0.25, 0.3) is 0 Å². The molecule has 2 heterocycles. The molecule has 0 saturated carbocycles. The molecule has 0 unspecified atom stereocenters. The molecule has 0 N–H and O–H groups in total. The molecule has 0 saturated heterocycles. The number of hydrogen-bond acceptors (Lipinski definition) is 6. The minimum atomic E-state index is -3.30. The van der Waals surface area contributed by atoms with Crippen LogP contribution in [0.5, 0.6) is 0 Å². The number of aromatic nitrogens is 1. The van der Waals surface area contributed by atoms with Crippen molar-refractivity contribution in [2.75, 3.05) is 10.7 Å². The number of hydrogen-bond donors (Lipinski definition) is 0. The Kier molecular flexibility index (Phi) is 7.25. The molecule has 0 aliphatic rings. The Balaban J connectivity index is 1.47. The summed E-state index contributed by atoms with van der Waals surface area (Å²) in [4.78, 5) is 19.4. The predicted octanol–water partition coefficient (Wildman–Crippen LogP) is 5.38. The van der Waals surface area contributed by atoms with Gasteiger partial charge in [0.05, 0.1) is 34.5 Å². The molecule has 8 heteroatoms. The molecule has 0 bridgehead atoms. The first-order valence-corrected chi connectivity index (χ1v) is 13.5. The number of aryl methyl sites for hydroxylation is 1. The third-order valence-electron chi connectivity index (χ3n) is 5.35. The van der Waals surface area contributed by atoms with E-state index in [9.17, 15) is 13.2 Å². The molecule has 172 valence electrons. The number of furan rings is 1. The van der Waals surface area contributed by atoms with Crippen molar-refractivity contribution in [2.24, 2.45) is 0 Å². The van der Waals surface area contributed by atoms with Gasteiger partial charge in [-0.25, -0.2) is 13.4 Å². The van der Waals surface area contributed by atoms with Crippen LogP contribution >= 0.6 is 11.3 Å². The smallest absolute Gasteiger partial charge is 0.229 e. The number of fused-ring (bicyclic) bond motifs is 1. The first-order valence-electron chi connectivity index (χ1n) is 10.9. The Morgan fingerprint density at radius 2 is 1.88 bits per heavy atom. The van der Waals surface area contributed by atoms with Gasteiger partial charge in [0, 0.05) is 6.42 Å². The SMILES string of the molecule is CCc1ccc2nc(N(Cc3ccco3)C(=O)CCCS(=O)(=O)Cc3ccccc3)sc2c1. The standard InChI is InChI=1S/C25H26N2O4S2/c1-2-19-12-13-22-23(16-19)32-25(26-22)27(17-21-10-6-14-31-21)24(28)11-7-15-33(29,30)18-20-8-4-3-5-9-20/h3-6,8-10,12-14,16H,2,7,11,15,17-18H2,1H3. The molecule has 2 aromatic heterocycles. The number of anilines is 1. The Bertz CT molecular complexity index is 1310. The minimum Gasteiger partial charge on any atom is -0.467 e. The van der Waals surface area contributed by atoms with Crippen LogP contribution in [0.2, 0.25) is 0 Å². The van der Waals surface area contributed by atoms with Gasteiger partial charge in [-0.3, -0.25) is 9.69 Å². The monoisotopic (exact) mass is 482 g/mol. The number of rotatable bonds is 10. The van der Waals surface area contributed by atoms with Gasteiger partial charge in [-0.15, -0.1) is 0 Å². The largest absolute Gasteiger partial charge is 0.467 e. The fourth-order valence-electron chi connectivity index (χ4n) is 3.59. The maximum Gasteiger partial charge on any atom is 0.229 e. The van der Waals surface area contributed by atoms with Gasteiger partial charge in [-0.2, -0.15) is 0 Å². The van der Waals surface area contributed by atoms with Crippen molar-refractivity contribution in [3.05, 3.63) is 83.8 Å². The summed E-state index contributed by atoms with van der Waals surface area (Å²) in [5, 5.41) is 0.590. The molecule has 4 aromatic rings. The highest BCUT2D eigenvalue weighted by atomic mass is 32.2. The second kappa shape index (κ2) is 10.3. The van der Waals surface area contributed by atoms with Crippen molar-refractivity contribution in [3.63, 3.8) is 0 Å². The highest BCUT2D eigenvalue weighted by molar-refractivity contribution is 7.90. The van der Waals surface area contributed by atoms with Gasteiger partial charge in [0.1, 0.15) is 5.76 Å². The van der Waals surface area contributed by atoms with Gasteiger partial charge >= 0.3 is 0 Å². The lowest BCUT2D eigenvalue weighted by Crippen LogP contribution is -2.30. The Morgan fingerprint density at radius 3 is 2.61 bits per heavy atom. The van der Waals surface area contributed by atoms with E-state index < -0.39 is 9.84 Å². The number of carbonyl (C=O) groups excluding carboxylic acids is 1. The van der Waals surface area contributed by atoms with E-state index in [1.54, 1.807) is 29.4 Å². The predicted molar refractivity (Wildman–Crippen MR) is 132 cm³/mol. The van der Waals surface area contributed by atoms with Gasteiger partial charge in [-0.05, 0) is 48.2 Å². The Hall–Kier alpha value is -2.97. The zero-order valence-corrected chi connectivity index (χ0v) is 20.1. The molecular formula is C25H26N2O4S2. The van der Waals surface area contributed by atoms with Crippen molar-refractivity contribution < 1.29 is 17.6 Å². The number of benzene rings is 2. The molecule has 4 rings (SSSR count). The van der Waals surface area contributed by atoms with E-state index in [1.807, 2.05) is 36.4 Å². The summed E-state index contributed by atoms with van der Waals surface area (Å²) < 4.78 is 31.5. The van der Waals surface area contributed by atoms with Gasteiger partial charge in [-0.1, -0.05) is 54.7 Å². The molecule has 0 aliphatic carbocycles. The lowest BCUT2D eigenvalue weighted by atomic mass is 10.2. The van der Waals surface area contributed by atoms with Crippen LogP contribution in [-0.4, -0.2) is 25.1 Å². The summed E-state index contributed by atoms with van der Waals surface area (Å²) in [6, 6.07) is 18.8. The molecule has 0 atom stereocenters. The molecule has 0 spiro atoms. The van der Waals surface area contributed by atoms with E-state index >= 15 is 0 Å². The molecule has 6 nitrogen and oxygen atoms in total. The van der Waals surface area contributed by atoms with Crippen molar-refractivity contribution in [1.82, 2.24) is 4.98 Å². The van der Waals surface area contributed by atoms with Crippen LogP contribution in [0, 0.1) is 0 Å². The molecule has 0 radical (unpaired) electrons. The first kappa shape index (κ1) is 23.2. The summed E-state index contributed by atoms with van der Waals surface area (Å²) in [5.41, 5.74) is 2.81. The van der Waals surface area contributed by atoms with Gasteiger partial charge in [0.15, 0.2) is 15.0 Å². The third kappa shape index (κ3) is 6.09. The lowest BCUT2D eigenvalue weighted by molar-refractivity contribution is -0.118. The molecular weight excluding hydrogens is 456 g/mol. The maximum atomic E-state index is 13.2. The second-order valence-corrected chi connectivity index (χ2v) is 11.1. The summed E-state index contributed by atoms with van der Waals surface area (Å²) in [6.45, 7) is 2.35. The maximum absolute atomic E-state index is 13.2. The number of thiazole rings is 1. The summed E-state index contributed by atoms with van der Waals surface area (Å²) in [7, 11) is -3.30. The fraction of sp³-hybridized carbons (Fsp3) is 0.280. The van der Waals surface area contributed by atoms with E-state index in [1.165, 1.54) is 16.9 Å². The van der Waals surface area contributed by atoms with Crippen molar-refractivity contribution in [1.29, 1.82) is 0 Å². The topological polar surface area (TPSA) is 80.5 Å². The molecule has 0 fully saturated rings. The number of sulfone groups is 1. The summed E-state index contributed by atoms with van der Waals surface area (Å²) in [6.07, 6.45) is 2.87. The highest BCUT2D eigenvalue weighted by Gasteiger charge is 2.22. The normalized spacial score (nSPS) is 11.7. The van der Waals surface area contributed by atoms with Gasteiger partial charge < -0.3 is 4.42 Å².